The van der Waals surface area contributed by atoms with Gasteiger partial charge in [-0.3, -0.25) is 5.10 Å². The van der Waals surface area contributed by atoms with Crippen LogP contribution in [0.4, 0.5) is 4.39 Å². The first-order valence-electron chi connectivity index (χ1n) is 8.69. The van der Waals surface area contributed by atoms with Crippen molar-refractivity contribution in [3.05, 3.63) is 59.9 Å². The van der Waals surface area contributed by atoms with Gasteiger partial charge in [0.05, 0.1) is 31.3 Å². The number of H-pyrrole nitrogens is 2. The van der Waals surface area contributed by atoms with Crippen molar-refractivity contribution in [1.82, 2.24) is 20.2 Å². The van der Waals surface area contributed by atoms with Gasteiger partial charge in [-0.2, -0.15) is 5.10 Å². The van der Waals surface area contributed by atoms with Crippen LogP contribution in [-0.2, 0) is 6.42 Å². The van der Waals surface area contributed by atoms with Crippen molar-refractivity contribution in [2.75, 3.05) is 13.7 Å². The summed E-state index contributed by atoms with van der Waals surface area (Å²) in [5.41, 5.74) is 3.64. The number of benzene rings is 2. The van der Waals surface area contributed by atoms with E-state index in [-0.39, 0.29) is 11.7 Å². The number of halogens is 1. The van der Waals surface area contributed by atoms with Crippen molar-refractivity contribution in [3.8, 4) is 22.6 Å². The van der Waals surface area contributed by atoms with E-state index < -0.39 is 0 Å². The van der Waals surface area contributed by atoms with E-state index in [0.717, 1.165) is 40.4 Å². The first-order valence-corrected chi connectivity index (χ1v) is 8.69. The van der Waals surface area contributed by atoms with E-state index in [4.69, 9.17) is 9.47 Å². The highest BCUT2D eigenvalue weighted by Gasteiger charge is 2.25. The number of fused-ring (bicyclic) bond motifs is 2. The number of ether oxygens (including phenoxy) is 2. The van der Waals surface area contributed by atoms with Crippen LogP contribution in [-0.4, -0.2) is 33.9 Å². The van der Waals surface area contributed by atoms with E-state index >= 15 is 0 Å². The summed E-state index contributed by atoms with van der Waals surface area (Å²) < 4.78 is 25.8. The Morgan fingerprint density at radius 2 is 2.15 bits per heavy atom. The second kappa shape index (κ2) is 6.12. The number of nitrogens with zero attached hydrogens (tertiary/aromatic N) is 2. The van der Waals surface area contributed by atoms with Crippen LogP contribution in [0.5, 0.6) is 11.5 Å². The highest BCUT2D eigenvalue weighted by molar-refractivity contribution is 5.82. The maximum absolute atomic E-state index is 14.6. The van der Waals surface area contributed by atoms with Gasteiger partial charge in [-0.1, -0.05) is 0 Å². The van der Waals surface area contributed by atoms with E-state index in [9.17, 15) is 4.39 Å². The quantitative estimate of drug-likeness (QED) is 0.579. The van der Waals surface area contributed by atoms with Crippen molar-refractivity contribution in [2.45, 2.75) is 12.3 Å². The number of rotatable bonds is 3. The minimum absolute atomic E-state index is 0.0220. The predicted molar refractivity (Wildman–Crippen MR) is 98.6 cm³/mol. The summed E-state index contributed by atoms with van der Waals surface area (Å²) in [5, 5.41) is 6.67. The second-order valence-corrected chi connectivity index (χ2v) is 6.65. The molecule has 1 aliphatic heterocycles. The minimum Gasteiger partial charge on any atom is -0.497 e. The summed E-state index contributed by atoms with van der Waals surface area (Å²) >= 11 is 0. The normalized spacial score (nSPS) is 16.1. The van der Waals surface area contributed by atoms with Gasteiger partial charge >= 0.3 is 0 Å². The number of methoxy groups -OCH3 is 1. The number of aromatic amines is 2. The zero-order valence-corrected chi connectivity index (χ0v) is 14.6. The lowest BCUT2D eigenvalue weighted by Crippen LogP contribution is -2.20. The Hall–Kier alpha value is -3.35. The molecule has 2 aromatic carbocycles. The van der Waals surface area contributed by atoms with Gasteiger partial charge in [0.2, 0.25) is 0 Å². The van der Waals surface area contributed by atoms with Gasteiger partial charge < -0.3 is 14.5 Å². The van der Waals surface area contributed by atoms with Crippen LogP contribution >= 0.6 is 0 Å². The molecule has 0 amide bonds. The molecule has 0 aliphatic carbocycles. The van der Waals surface area contributed by atoms with Crippen molar-refractivity contribution < 1.29 is 13.9 Å². The Kier molecular flexibility index (Phi) is 3.60. The van der Waals surface area contributed by atoms with Crippen molar-refractivity contribution in [2.24, 2.45) is 0 Å². The van der Waals surface area contributed by atoms with E-state index in [0.29, 0.717) is 17.6 Å². The van der Waals surface area contributed by atoms with Crippen molar-refractivity contribution in [1.29, 1.82) is 0 Å². The molecule has 4 aromatic rings. The summed E-state index contributed by atoms with van der Waals surface area (Å²) in [7, 11) is 1.64. The van der Waals surface area contributed by atoms with Crippen LogP contribution in [0.2, 0.25) is 0 Å². The first-order chi connectivity index (χ1) is 13.2. The average molecular weight is 364 g/mol. The third-order valence-electron chi connectivity index (χ3n) is 4.95. The fourth-order valence-corrected chi connectivity index (χ4v) is 3.54. The smallest absolute Gasteiger partial charge is 0.151 e. The number of aromatic nitrogens is 4. The highest BCUT2D eigenvalue weighted by Crippen LogP contribution is 2.35. The predicted octanol–water partition coefficient (Wildman–Crippen LogP) is 3.82. The van der Waals surface area contributed by atoms with Gasteiger partial charge in [0.1, 0.15) is 22.8 Å². The van der Waals surface area contributed by atoms with Gasteiger partial charge in [0.25, 0.3) is 0 Å². The number of imidazole rings is 1. The summed E-state index contributed by atoms with van der Waals surface area (Å²) in [6.45, 7) is 0.495. The molecular weight excluding hydrogens is 347 g/mol. The van der Waals surface area contributed by atoms with E-state index in [1.54, 1.807) is 19.5 Å². The van der Waals surface area contributed by atoms with Crippen molar-refractivity contribution >= 4 is 11.0 Å². The average Bonchev–Trinajstić information content (AvgIpc) is 3.37. The zero-order valence-electron chi connectivity index (χ0n) is 14.6. The van der Waals surface area contributed by atoms with Crippen LogP contribution in [0.1, 0.15) is 17.3 Å². The van der Waals surface area contributed by atoms with Crippen LogP contribution in [0.3, 0.4) is 0 Å². The number of hydrogen-bond donors (Lipinski definition) is 2. The lowest BCUT2D eigenvalue weighted by atomic mass is 9.96. The molecule has 2 aromatic heterocycles. The van der Waals surface area contributed by atoms with E-state index in [2.05, 4.69) is 20.2 Å². The lowest BCUT2D eigenvalue weighted by molar-refractivity contribution is 0.257. The molecule has 2 N–H and O–H groups in total. The molecule has 27 heavy (non-hydrogen) atoms. The largest absolute Gasteiger partial charge is 0.497 e. The molecule has 3 heterocycles. The molecule has 6 nitrogen and oxygen atoms in total. The second-order valence-electron chi connectivity index (χ2n) is 6.65. The molecule has 0 radical (unpaired) electrons. The summed E-state index contributed by atoms with van der Waals surface area (Å²) in [5.74, 6) is 2.04. The Morgan fingerprint density at radius 3 is 2.96 bits per heavy atom. The van der Waals surface area contributed by atoms with Crippen LogP contribution in [0.15, 0.2) is 42.7 Å². The molecule has 0 saturated heterocycles. The number of hydrogen-bond acceptors (Lipinski definition) is 4. The van der Waals surface area contributed by atoms with Gasteiger partial charge in [0.15, 0.2) is 5.82 Å². The Labute approximate surface area is 154 Å². The molecule has 1 atom stereocenters. The van der Waals surface area contributed by atoms with Crippen LogP contribution in [0.25, 0.3) is 22.2 Å². The zero-order chi connectivity index (χ0) is 18.4. The summed E-state index contributed by atoms with van der Waals surface area (Å²) in [6, 6.07) is 9.14. The minimum atomic E-state index is -0.356. The third-order valence-corrected chi connectivity index (χ3v) is 4.95. The fraction of sp³-hybridized carbons (Fsp3) is 0.200. The third kappa shape index (κ3) is 2.71. The summed E-state index contributed by atoms with van der Waals surface area (Å²) in [6.07, 6.45) is 4.15. The van der Waals surface area contributed by atoms with E-state index in [1.807, 2.05) is 24.3 Å². The summed E-state index contributed by atoms with van der Waals surface area (Å²) in [4.78, 5) is 7.78. The molecular formula is C20H17FN4O2. The molecule has 5 rings (SSSR count). The topological polar surface area (TPSA) is 75.8 Å². The molecule has 0 saturated carbocycles. The molecule has 0 spiro atoms. The standard InChI is InChI=1S/C20H17FN4O2/c1-26-15-2-3-18-12(5-15)4-13(10-27-18)20-24-17-7-11(14-8-22-23-9-14)6-16(21)19(17)25-20/h2-3,5-9,13H,4,10H2,1H3,(H,22,23)(H,24,25)/t13-/m1/s1. The van der Waals surface area contributed by atoms with Gasteiger partial charge in [-0.25, -0.2) is 9.37 Å². The molecule has 136 valence electrons. The van der Waals surface area contributed by atoms with Gasteiger partial charge in [0, 0.05) is 11.8 Å². The molecule has 7 heteroatoms. The maximum atomic E-state index is 14.6. The maximum Gasteiger partial charge on any atom is 0.151 e. The molecule has 0 bridgehead atoms. The van der Waals surface area contributed by atoms with Crippen molar-refractivity contribution in [3.63, 3.8) is 0 Å². The SMILES string of the molecule is COc1ccc2c(c1)C[C@@H](c1nc3c(F)cc(-c4cn[nH]c4)cc3[nH]1)CO2. The molecule has 1 aliphatic rings. The van der Waals surface area contributed by atoms with Gasteiger partial charge in [-0.15, -0.1) is 0 Å². The fourth-order valence-electron chi connectivity index (χ4n) is 3.54. The monoisotopic (exact) mass is 364 g/mol. The Morgan fingerprint density at radius 1 is 1.22 bits per heavy atom. The van der Waals surface area contributed by atoms with Crippen LogP contribution in [0, 0.1) is 5.82 Å². The molecule has 0 unspecified atom stereocenters. The first kappa shape index (κ1) is 15.9. The molecule has 0 fully saturated rings. The van der Waals surface area contributed by atoms with Gasteiger partial charge in [-0.05, 0) is 47.9 Å². The Balaban J connectivity index is 1.51. The highest BCUT2D eigenvalue weighted by atomic mass is 19.1. The Bertz CT molecular complexity index is 1120. The van der Waals surface area contributed by atoms with Crippen LogP contribution < -0.4 is 9.47 Å². The number of nitrogens with one attached hydrogen (secondary N) is 2. The van der Waals surface area contributed by atoms with E-state index in [1.165, 1.54) is 6.07 Å². The lowest BCUT2D eigenvalue weighted by Gasteiger charge is -2.24.